The van der Waals surface area contributed by atoms with Gasteiger partial charge in [0.25, 0.3) is 5.91 Å². The molecule has 6 nitrogen and oxygen atoms in total. The normalized spacial score (nSPS) is 17.7. The number of hydrogen-bond donors (Lipinski definition) is 1. The van der Waals surface area contributed by atoms with Crippen molar-refractivity contribution in [1.82, 2.24) is 0 Å². The van der Waals surface area contributed by atoms with Crippen LogP contribution in [0.2, 0.25) is 0 Å². The summed E-state index contributed by atoms with van der Waals surface area (Å²) in [5, 5.41) is 0. The van der Waals surface area contributed by atoms with E-state index in [0.29, 0.717) is 6.61 Å². The second-order valence-electron chi connectivity index (χ2n) is 4.47. The first-order valence-electron chi connectivity index (χ1n) is 6.45. The van der Waals surface area contributed by atoms with Crippen molar-refractivity contribution in [2.75, 3.05) is 19.8 Å². The molecule has 108 valence electrons. The number of hydrogen-bond acceptors (Lipinski definition) is 5. The number of nitrogens with two attached hydrogens (primary N) is 1. The maximum absolute atomic E-state index is 11.5. The van der Waals surface area contributed by atoms with E-state index in [1.807, 2.05) is 0 Å². The average Bonchev–Trinajstić information content (AvgIpc) is 2.96. The first kappa shape index (κ1) is 14.3. The molecule has 0 unspecified atom stereocenters. The van der Waals surface area contributed by atoms with Crippen LogP contribution in [0.5, 0.6) is 5.75 Å². The Hall–Kier alpha value is -2.08. The molecule has 0 aliphatic carbocycles. The summed E-state index contributed by atoms with van der Waals surface area (Å²) in [5.74, 6) is -0.831. The van der Waals surface area contributed by atoms with Crippen LogP contribution < -0.4 is 10.5 Å². The molecule has 1 saturated heterocycles. The van der Waals surface area contributed by atoms with E-state index in [4.69, 9.17) is 19.9 Å². The molecular weight excluding hydrogens is 262 g/mol. The fourth-order valence-electron chi connectivity index (χ4n) is 1.94. The second kappa shape index (κ2) is 6.91. The van der Waals surface area contributed by atoms with Crippen LogP contribution in [0.3, 0.4) is 0 Å². The van der Waals surface area contributed by atoms with Crippen molar-refractivity contribution >= 4 is 11.9 Å². The van der Waals surface area contributed by atoms with Crippen molar-refractivity contribution in [1.29, 1.82) is 0 Å². The first-order valence-corrected chi connectivity index (χ1v) is 6.45. The Kier molecular flexibility index (Phi) is 4.95. The highest BCUT2D eigenvalue weighted by molar-refractivity contribution is 5.95. The highest BCUT2D eigenvalue weighted by Crippen LogP contribution is 2.17. The van der Waals surface area contributed by atoms with Crippen LogP contribution in [0, 0.1) is 0 Å². The van der Waals surface area contributed by atoms with Crippen molar-refractivity contribution < 1.29 is 23.8 Å². The largest absolute Gasteiger partial charge is 0.481 e. The molecule has 1 heterocycles. The Balaban J connectivity index is 1.79. The third-order valence-electron chi connectivity index (χ3n) is 2.95. The lowest BCUT2D eigenvalue weighted by atomic mass is 10.2. The standard InChI is InChI=1S/C14H17NO5/c15-14(17)11-5-1-2-6-12(11)19-9-13(16)20-8-10-4-3-7-18-10/h1-2,5-6,10H,3-4,7-9H2,(H2,15,17)/t10-/m0/s1. The van der Waals surface area contributed by atoms with Crippen molar-refractivity contribution in [3.05, 3.63) is 29.8 Å². The van der Waals surface area contributed by atoms with E-state index in [2.05, 4.69) is 0 Å². The molecule has 1 aliphatic rings. The Labute approximate surface area is 116 Å². The number of carbonyl (C=O) groups excluding carboxylic acids is 2. The van der Waals surface area contributed by atoms with Crippen LogP contribution in [-0.4, -0.2) is 37.8 Å². The Morgan fingerprint density at radius 2 is 2.15 bits per heavy atom. The molecule has 20 heavy (non-hydrogen) atoms. The van der Waals surface area contributed by atoms with Crippen molar-refractivity contribution in [3.8, 4) is 5.75 Å². The number of amides is 1. The molecular formula is C14H17NO5. The number of carbonyl (C=O) groups is 2. The minimum absolute atomic E-state index is 0.0168. The van der Waals surface area contributed by atoms with E-state index in [1.165, 1.54) is 6.07 Å². The molecule has 0 aromatic heterocycles. The number of benzene rings is 1. The number of para-hydroxylation sites is 1. The third-order valence-corrected chi connectivity index (χ3v) is 2.95. The minimum Gasteiger partial charge on any atom is -0.481 e. The van der Waals surface area contributed by atoms with Crippen LogP contribution in [-0.2, 0) is 14.3 Å². The smallest absolute Gasteiger partial charge is 0.344 e. The quantitative estimate of drug-likeness (QED) is 0.781. The fourth-order valence-corrected chi connectivity index (χ4v) is 1.94. The molecule has 0 bridgehead atoms. The highest BCUT2D eigenvalue weighted by atomic mass is 16.6. The molecule has 1 atom stereocenters. The van der Waals surface area contributed by atoms with Gasteiger partial charge in [0.05, 0.1) is 11.7 Å². The van der Waals surface area contributed by atoms with Gasteiger partial charge in [-0.25, -0.2) is 4.79 Å². The molecule has 0 spiro atoms. The number of ether oxygens (including phenoxy) is 3. The molecule has 1 amide bonds. The van der Waals surface area contributed by atoms with Crippen LogP contribution in [0.4, 0.5) is 0 Å². The zero-order valence-electron chi connectivity index (χ0n) is 11.0. The second-order valence-corrected chi connectivity index (χ2v) is 4.47. The van der Waals surface area contributed by atoms with E-state index in [0.717, 1.165) is 12.8 Å². The Bertz CT molecular complexity index is 482. The van der Waals surface area contributed by atoms with Crippen LogP contribution in [0.25, 0.3) is 0 Å². The molecule has 0 saturated carbocycles. The topological polar surface area (TPSA) is 87.9 Å². The molecule has 1 fully saturated rings. The van der Waals surface area contributed by atoms with Gasteiger partial charge in [0.1, 0.15) is 12.4 Å². The lowest BCUT2D eigenvalue weighted by Crippen LogP contribution is -2.22. The van der Waals surface area contributed by atoms with Crippen LogP contribution in [0.1, 0.15) is 23.2 Å². The van der Waals surface area contributed by atoms with Gasteiger partial charge in [0.15, 0.2) is 6.61 Å². The molecule has 2 rings (SSSR count). The highest BCUT2D eigenvalue weighted by Gasteiger charge is 2.18. The lowest BCUT2D eigenvalue weighted by Gasteiger charge is -2.11. The van der Waals surface area contributed by atoms with Gasteiger partial charge >= 0.3 is 5.97 Å². The SMILES string of the molecule is NC(=O)c1ccccc1OCC(=O)OC[C@@H]1CCCO1. The minimum atomic E-state index is -0.603. The van der Waals surface area contributed by atoms with Gasteiger partial charge in [0, 0.05) is 6.61 Å². The van der Waals surface area contributed by atoms with Gasteiger partial charge in [-0.3, -0.25) is 4.79 Å². The summed E-state index contributed by atoms with van der Waals surface area (Å²) in [6.45, 7) is 0.682. The summed E-state index contributed by atoms with van der Waals surface area (Å²) in [5.41, 5.74) is 5.45. The van der Waals surface area contributed by atoms with Gasteiger partial charge in [-0.2, -0.15) is 0 Å². The maximum atomic E-state index is 11.5. The molecule has 1 aromatic rings. The molecule has 2 N–H and O–H groups in total. The molecule has 0 radical (unpaired) electrons. The lowest BCUT2D eigenvalue weighted by molar-refractivity contribution is -0.149. The van der Waals surface area contributed by atoms with E-state index in [9.17, 15) is 9.59 Å². The zero-order chi connectivity index (χ0) is 14.4. The predicted octanol–water partition coefficient (Wildman–Crippen LogP) is 0.886. The molecule has 1 aromatic carbocycles. The van der Waals surface area contributed by atoms with Gasteiger partial charge < -0.3 is 19.9 Å². The van der Waals surface area contributed by atoms with E-state index < -0.39 is 11.9 Å². The van der Waals surface area contributed by atoms with Gasteiger partial charge in [-0.05, 0) is 25.0 Å². The zero-order valence-corrected chi connectivity index (χ0v) is 11.0. The van der Waals surface area contributed by atoms with Crippen LogP contribution in [0.15, 0.2) is 24.3 Å². The summed E-state index contributed by atoms with van der Waals surface area (Å²) in [7, 11) is 0. The summed E-state index contributed by atoms with van der Waals surface area (Å²) in [6.07, 6.45) is 1.88. The van der Waals surface area contributed by atoms with Crippen LogP contribution >= 0.6 is 0 Å². The van der Waals surface area contributed by atoms with E-state index in [1.54, 1.807) is 18.2 Å². The molecule has 1 aliphatic heterocycles. The van der Waals surface area contributed by atoms with Crippen molar-refractivity contribution in [3.63, 3.8) is 0 Å². The fraction of sp³-hybridized carbons (Fsp3) is 0.429. The third kappa shape index (κ3) is 3.96. The summed E-state index contributed by atoms with van der Waals surface area (Å²) in [4.78, 5) is 22.7. The average molecular weight is 279 g/mol. The first-order chi connectivity index (χ1) is 9.66. The van der Waals surface area contributed by atoms with E-state index in [-0.39, 0.29) is 30.6 Å². The summed E-state index contributed by atoms with van der Waals surface area (Å²) in [6, 6.07) is 6.48. The van der Waals surface area contributed by atoms with Crippen molar-refractivity contribution in [2.24, 2.45) is 5.73 Å². The van der Waals surface area contributed by atoms with E-state index >= 15 is 0 Å². The number of rotatable bonds is 6. The van der Waals surface area contributed by atoms with Crippen molar-refractivity contribution in [2.45, 2.75) is 18.9 Å². The summed E-state index contributed by atoms with van der Waals surface area (Å²) < 4.78 is 15.6. The monoisotopic (exact) mass is 279 g/mol. The van der Waals surface area contributed by atoms with Gasteiger partial charge in [0.2, 0.25) is 0 Å². The Morgan fingerprint density at radius 3 is 2.85 bits per heavy atom. The number of esters is 1. The predicted molar refractivity (Wildman–Crippen MR) is 70.4 cm³/mol. The van der Waals surface area contributed by atoms with Gasteiger partial charge in [-0.15, -0.1) is 0 Å². The maximum Gasteiger partial charge on any atom is 0.344 e. The molecule has 6 heteroatoms. The number of primary amides is 1. The Morgan fingerprint density at radius 1 is 1.35 bits per heavy atom. The summed E-state index contributed by atoms with van der Waals surface area (Å²) >= 11 is 0. The van der Waals surface area contributed by atoms with Gasteiger partial charge in [-0.1, -0.05) is 12.1 Å².